The highest BCUT2D eigenvalue weighted by Gasteiger charge is 2.10. The van der Waals surface area contributed by atoms with Gasteiger partial charge in [0.25, 0.3) is 5.91 Å². The van der Waals surface area contributed by atoms with Crippen LogP contribution in [0.15, 0.2) is 47.1 Å². The van der Waals surface area contributed by atoms with E-state index in [0.29, 0.717) is 10.6 Å². The molecule has 0 aliphatic carbocycles. The highest BCUT2D eigenvalue weighted by atomic mass is 35.5. The number of hydrogen-bond acceptors (Lipinski definition) is 4. The van der Waals surface area contributed by atoms with Gasteiger partial charge in [-0.3, -0.25) is 25.2 Å². The van der Waals surface area contributed by atoms with Crippen LogP contribution in [0.1, 0.15) is 27.3 Å². The van der Waals surface area contributed by atoms with E-state index in [1.165, 1.54) is 12.3 Å². The predicted molar refractivity (Wildman–Crippen MR) is 82.7 cm³/mol. The molecule has 0 aliphatic heterocycles. The summed E-state index contributed by atoms with van der Waals surface area (Å²) in [7, 11) is 0. The van der Waals surface area contributed by atoms with Crippen LogP contribution >= 0.6 is 11.6 Å². The molecule has 0 atom stereocenters. The van der Waals surface area contributed by atoms with E-state index in [2.05, 4.69) is 16.2 Å². The molecule has 1 aromatic carbocycles. The van der Waals surface area contributed by atoms with Crippen LogP contribution in [-0.4, -0.2) is 24.3 Å². The lowest BCUT2D eigenvalue weighted by Gasteiger charge is -2.07. The van der Waals surface area contributed by atoms with Crippen molar-refractivity contribution >= 4 is 29.3 Å². The highest BCUT2D eigenvalue weighted by Crippen LogP contribution is 2.09. The van der Waals surface area contributed by atoms with Crippen LogP contribution in [0.3, 0.4) is 0 Å². The summed E-state index contributed by atoms with van der Waals surface area (Å²) in [6, 6.07) is 9.40. The van der Waals surface area contributed by atoms with Gasteiger partial charge in [-0.05, 0) is 36.4 Å². The molecule has 8 heteroatoms. The van der Waals surface area contributed by atoms with Crippen molar-refractivity contribution in [3.05, 3.63) is 59.0 Å². The van der Waals surface area contributed by atoms with E-state index in [-0.39, 0.29) is 24.6 Å². The molecule has 0 saturated carbocycles. The van der Waals surface area contributed by atoms with Crippen molar-refractivity contribution in [2.45, 2.75) is 6.42 Å². The van der Waals surface area contributed by atoms with E-state index in [0.717, 1.165) is 0 Å². The second kappa shape index (κ2) is 8.00. The van der Waals surface area contributed by atoms with E-state index < -0.39 is 11.8 Å². The molecule has 3 amide bonds. The highest BCUT2D eigenvalue weighted by molar-refractivity contribution is 6.30. The maximum absolute atomic E-state index is 11.8. The Bertz CT molecular complexity index is 683. The van der Waals surface area contributed by atoms with Gasteiger partial charge in [0.2, 0.25) is 5.91 Å². The molecule has 0 saturated heterocycles. The Balaban J connectivity index is 1.67. The van der Waals surface area contributed by atoms with Crippen molar-refractivity contribution in [1.29, 1.82) is 0 Å². The second-order valence-corrected chi connectivity index (χ2v) is 4.93. The van der Waals surface area contributed by atoms with Gasteiger partial charge in [-0.1, -0.05) is 11.6 Å². The number of hydrazine groups is 1. The monoisotopic (exact) mass is 335 g/mol. The molecule has 1 aromatic heterocycles. The molecular formula is C15H14ClN3O4. The Morgan fingerprint density at radius 1 is 1.00 bits per heavy atom. The number of amides is 3. The van der Waals surface area contributed by atoms with Gasteiger partial charge in [0, 0.05) is 23.6 Å². The summed E-state index contributed by atoms with van der Waals surface area (Å²) in [6.45, 7) is 0.129. The van der Waals surface area contributed by atoms with Crippen molar-refractivity contribution in [2.75, 3.05) is 6.54 Å². The number of benzene rings is 1. The first kappa shape index (κ1) is 16.6. The van der Waals surface area contributed by atoms with Gasteiger partial charge in [-0.15, -0.1) is 0 Å². The SMILES string of the molecule is O=C(CCNC(=O)c1ccc(Cl)cc1)NNC(=O)c1ccco1. The lowest BCUT2D eigenvalue weighted by atomic mass is 10.2. The van der Waals surface area contributed by atoms with Crippen LogP contribution < -0.4 is 16.2 Å². The maximum atomic E-state index is 11.8. The second-order valence-electron chi connectivity index (χ2n) is 4.49. The molecule has 23 heavy (non-hydrogen) atoms. The summed E-state index contributed by atoms with van der Waals surface area (Å²) < 4.78 is 4.87. The van der Waals surface area contributed by atoms with Crippen molar-refractivity contribution in [3.8, 4) is 0 Å². The lowest BCUT2D eigenvalue weighted by molar-refractivity contribution is -0.121. The topological polar surface area (TPSA) is 100 Å². The molecule has 0 spiro atoms. The summed E-state index contributed by atoms with van der Waals surface area (Å²) in [6.07, 6.45) is 1.36. The minimum Gasteiger partial charge on any atom is -0.459 e. The molecule has 0 fully saturated rings. The average Bonchev–Trinajstić information content (AvgIpc) is 3.07. The lowest BCUT2D eigenvalue weighted by Crippen LogP contribution is -2.42. The zero-order chi connectivity index (χ0) is 16.7. The molecule has 0 radical (unpaired) electrons. The number of hydrogen-bond donors (Lipinski definition) is 3. The van der Waals surface area contributed by atoms with E-state index >= 15 is 0 Å². The summed E-state index contributed by atoms with van der Waals surface area (Å²) in [4.78, 5) is 34.9. The van der Waals surface area contributed by atoms with Crippen molar-refractivity contribution in [1.82, 2.24) is 16.2 Å². The third-order valence-electron chi connectivity index (χ3n) is 2.80. The van der Waals surface area contributed by atoms with Crippen molar-refractivity contribution in [3.63, 3.8) is 0 Å². The Hall–Kier alpha value is -2.80. The first-order valence-corrected chi connectivity index (χ1v) is 7.10. The van der Waals surface area contributed by atoms with E-state index in [1.807, 2.05) is 0 Å². The third-order valence-corrected chi connectivity index (χ3v) is 3.06. The molecule has 2 aromatic rings. The van der Waals surface area contributed by atoms with E-state index in [1.54, 1.807) is 30.3 Å². The van der Waals surface area contributed by atoms with Crippen LogP contribution in [0, 0.1) is 0 Å². The van der Waals surface area contributed by atoms with E-state index in [9.17, 15) is 14.4 Å². The molecule has 0 aliphatic rings. The van der Waals surface area contributed by atoms with Crippen LogP contribution in [0.4, 0.5) is 0 Å². The third kappa shape index (κ3) is 5.15. The smallest absolute Gasteiger partial charge is 0.305 e. The molecule has 7 nitrogen and oxygen atoms in total. The Labute approximate surface area is 137 Å². The molecule has 2 rings (SSSR count). The fraction of sp³-hybridized carbons (Fsp3) is 0.133. The number of furan rings is 1. The molecular weight excluding hydrogens is 322 g/mol. The molecule has 0 unspecified atom stereocenters. The van der Waals surface area contributed by atoms with Crippen molar-refractivity contribution < 1.29 is 18.8 Å². The summed E-state index contributed by atoms with van der Waals surface area (Å²) in [5, 5.41) is 3.13. The number of carbonyl (C=O) groups is 3. The number of halogens is 1. The van der Waals surface area contributed by atoms with Gasteiger partial charge in [0.1, 0.15) is 0 Å². The normalized spacial score (nSPS) is 9.96. The first-order valence-electron chi connectivity index (χ1n) is 6.72. The quantitative estimate of drug-likeness (QED) is 0.721. The number of rotatable bonds is 5. The van der Waals surface area contributed by atoms with E-state index in [4.69, 9.17) is 16.0 Å². The summed E-state index contributed by atoms with van der Waals surface area (Å²) >= 11 is 5.73. The summed E-state index contributed by atoms with van der Waals surface area (Å²) in [5.74, 6) is -1.23. The number of nitrogens with one attached hydrogen (secondary N) is 3. The zero-order valence-corrected chi connectivity index (χ0v) is 12.7. The van der Waals surface area contributed by atoms with Crippen molar-refractivity contribution in [2.24, 2.45) is 0 Å². The fourth-order valence-electron chi connectivity index (χ4n) is 1.65. The average molecular weight is 336 g/mol. The standard InChI is InChI=1S/C15H14ClN3O4/c16-11-5-3-10(4-6-11)14(21)17-8-7-13(20)18-19-15(22)12-2-1-9-23-12/h1-6,9H,7-8H2,(H,17,21)(H,18,20)(H,19,22). The Morgan fingerprint density at radius 3 is 2.39 bits per heavy atom. The first-order chi connectivity index (χ1) is 11.1. The Kier molecular flexibility index (Phi) is 5.76. The van der Waals surface area contributed by atoms with Gasteiger partial charge in [-0.25, -0.2) is 0 Å². The number of carbonyl (C=O) groups excluding carboxylic acids is 3. The van der Waals surface area contributed by atoms with Crippen LogP contribution in [0.2, 0.25) is 5.02 Å². The zero-order valence-electron chi connectivity index (χ0n) is 12.0. The largest absolute Gasteiger partial charge is 0.459 e. The van der Waals surface area contributed by atoms with Gasteiger partial charge >= 0.3 is 5.91 Å². The molecule has 3 N–H and O–H groups in total. The maximum Gasteiger partial charge on any atom is 0.305 e. The van der Waals surface area contributed by atoms with Crippen LogP contribution in [0.5, 0.6) is 0 Å². The van der Waals surface area contributed by atoms with Crippen LogP contribution in [-0.2, 0) is 4.79 Å². The minimum atomic E-state index is -0.562. The van der Waals surface area contributed by atoms with Gasteiger partial charge in [0.05, 0.1) is 6.26 Å². The molecule has 0 bridgehead atoms. The molecule has 120 valence electrons. The Morgan fingerprint density at radius 2 is 1.74 bits per heavy atom. The molecule has 1 heterocycles. The van der Waals surface area contributed by atoms with Gasteiger partial charge in [-0.2, -0.15) is 0 Å². The van der Waals surface area contributed by atoms with Gasteiger partial charge < -0.3 is 9.73 Å². The van der Waals surface area contributed by atoms with Gasteiger partial charge in [0.15, 0.2) is 5.76 Å². The predicted octanol–water partition coefficient (Wildman–Crippen LogP) is 1.51. The van der Waals surface area contributed by atoms with Crippen LogP contribution in [0.25, 0.3) is 0 Å². The summed E-state index contributed by atoms with van der Waals surface area (Å²) in [5.41, 5.74) is 4.87. The fourth-order valence-corrected chi connectivity index (χ4v) is 1.78. The minimum absolute atomic E-state index is 0.0117.